The van der Waals surface area contributed by atoms with Gasteiger partial charge in [0.05, 0.1) is 12.5 Å². The van der Waals surface area contributed by atoms with Crippen molar-refractivity contribution in [1.82, 2.24) is 19.9 Å². The SMILES string of the molecule is C.COc1cccc(CCc2ccccc2OC[C@H](CN(C)C)OCSP(=O)(OC)SCn2nnc3ccccc3c2=O)c1. The standard InChI is InChI=1S/C30H37N4O6PS2.CH4/c1-33(2)19-26(20-39-29-15-8-5-11-24(29)17-16-23-10-9-12-25(18-23)37-3)40-22-43-41(36,38-4)42-21-34-30(35)27-13-6-7-14-28(27)31-32-34;/h5-15,18,26H,16-17,19-22H2,1-4H3;1H4/t26-,41?;/m0./s1. The number of rotatable bonds is 17. The lowest BCUT2D eigenvalue weighted by molar-refractivity contribution is 0.0315. The van der Waals surface area contributed by atoms with Crippen molar-refractivity contribution in [3.8, 4) is 11.5 Å². The summed E-state index contributed by atoms with van der Waals surface area (Å²) in [5.74, 6) is -1.44. The van der Waals surface area contributed by atoms with E-state index < -0.39 is 5.77 Å². The van der Waals surface area contributed by atoms with Gasteiger partial charge in [0.2, 0.25) is 0 Å². The maximum atomic E-state index is 13.4. The van der Waals surface area contributed by atoms with Crippen LogP contribution >= 0.6 is 28.5 Å². The van der Waals surface area contributed by atoms with Gasteiger partial charge in [-0.3, -0.25) is 9.36 Å². The molecule has 0 radical (unpaired) electrons. The minimum Gasteiger partial charge on any atom is -0.497 e. The third-order valence-electron chi connectivity index (χ3n) is 6.49. The van der Waals surface area contributed by atoms with Crippen molar-refractivity contribution in [2.24, 2.45) is 0 Å². The van der Waals surface area contributed by atoms with Crippen LogP contribution in [0.5, 0.6) is 11.5 Å². The average Bonchev–Trinajstić information content (AvgIpc) is 3.02. The number of benzene rings is 3. The molecule has 1 heterocycles. The Labute approximate surface area is 267 Å². The number of methoxy groups -OCH3 is 1. The number of hydrogen-bond donors (Lipinski definition) is 0. The molecule has 4 aromatic rings. The minimum atomic E-state index is -3.25. The van der Waals surface area contributed by atoms with E-state index in [2.05, 4.69) is 22.4 Å². The van der Waals surface area contributed by atoms with Crippen LogP contribution in [-0.4, -0.2) is 73.4 Å². The molecular weight excluding hydrogens is 619 g/mol. The fourth-order valence-corrected chi connectivity index (χ4v) is 9.02. The van der Waals surface area contributed by atoms with Crippen molar-refractivity contribution in [3.05, 3.63) is 94.3 Å². The first-order chi connectivity index (χ1) is 20.8. The largest absolute Gasteiger partial charge is 0.497 e. The van der Waals surface area contributed by atoms with Gasteiger partial charge in [-0.1, -0.05) is 55.1 Å². The number of para-hydroxylation sites is 1. The zero-order valence-electron chi connectivity index (χ0n) is 24.8. The van der Waals surface area contributed by atoms with Crippen molar-refractivity contribution >= 4 is 39.4 Å². The normalized spacial score (nSPS) is 13.3. The first-order valence-electron chi connectivity index (χ1n) is 13.7. The Kier molecular flexibility index (Phi) is 14.2. The fraction of sp³-hybridized carbons (Fsp3) is 0.387. The minimum absolute atomic E-state index is 0. The molecule has 1 aromatic heterocycles. The van der Waals surface area contributed by atoms with Crippen molar-refractivity contribution in [1.29, 1.82) is 0 Å². The average molecular weight is 661 g/mol. The van der Waals surface area contributed by atoms with Gasteiger partial charge in [0.1, 0.15) is 41.5 Å². The summed E-state index contributed by atoms with van der Waals surface area (Å²) in [6.45, 7) is 0.931. The number of aromatic nitrogens is 3. The van der Waals surface area contributed by atoms with Gasteiger partial charge in [0.15, 0.2) is 0 Å². The summed E-state index contributed by atoms with van der Waals surface area (Å²) in [5.41, 5.74) is 2.52. The van der Waals surface area contributed by atoms with E-state index in [1.165, 1.54) is 17.4 Å². The Hall–Kier alpha value is -2.86. The van der Waals surface area contributed by atoms with Crippen LogP contribution in [0, 0.1) is 0 Å². The monoisotopic (exact) mass is 660 g/mol. The highest BCUT2D eigenvalue weighted by atomic mass is 33.1. The van der Waals surface area contributed by atoms with Crippen LogP contribution in [-0.2, 0) is 32.5 Å². The molecule has 0 aliphatic heterocycles. The van der Waals surface area contributed by atoms with Gasteiger partial charge in [-0.2, -0.15) is 4.68 Å². The van der Waals surface area contributed by atoms with Crippen LogP contribution in [0.4, 0.5) is 0 Å². The summed E-state index contributed by atoms with van der Waals surface area (Å²) in [6, 6.07) is 23.1. The van der Waals surface area contributed by atoms with Crippen LogP contribution in [0.15, 0.2) is 77.6 Å². The molecule has 3 aromatic carbocycles. The van der Waals surface area contributed by atoms with Crippen LogP contribution in [0.2, 0.25) is 0 Å². The Morgan fingerprint density at radius 1 is 0.977 bits per heavy atom. The van der Waals surface area contributed by atoms with Crippen molar-refractivity contribution in [3.63, 3.8) is 0 Å². The fourth-order valence-electron chi connectivity index (χ4n) is 4.27. The molecule has 0 aliphatic carbocycles. The van der Waals surface area contributed by atoms with E-state index >= 15 is 0 Å². The lowest BCUT2D eigenvalue weighted by Crippen LogP contribution is -2.33. The molecule has 0 saturated carbocycles. The van der Waals surface area contributed by atoms with Gasteiger partial charge < -0.3 is 23.6 Å². The molecule has 44 heavy (non-hydrogen) atoms. The number of fused-ring (bicyclic) bond motifs is 1. The summed E-state index contributed by atoms with van der Waals surface area (Å²) >= 11 is 2.08. The van der Waals surface area contributed by atoms with Gasteiger partial charge in [0, 0.05) is 13.7 Å². The zero-order chi connectivity index (χ0) is 30.7. The molecule has 13 heteroatoms. The second-order valence-electron chi connectivity index (χ2n) is 9.87. The molecule has 238 valence electrons. The van der Waals surface area contributed by atoms with E-state index in [4.69, 9.17) is 18.7 Å². The summed E-state index contributed by atoms with van der Waals surface area (Å²) in [5, 5.41) is 8.51. The summed E-state index contributed by atoms with van der Waals surface area (Å²) < 4.78 is 37.7. The smallest absolute Gasteiger partial charge is 0.316 e. The third-order valence-corrected chi connectivity index (χ3v) is 13.5. The summed E-state index contributed by atoms with van der Waals surface area (Å²) in [7, 11) is 6.98. The predicted molar refractivity (Wildman–Crippen MR) is 181 cm³/mol. The molecule has 1 unspecified atom stereocenters. The number of likely N-dealkylation sites (N-methyl/N-ethyl adjacent to an activating group) is 1. The van der Waals surface area contributed by atoms with Crippen LogP contribution in [0.1, 0.15) is 18.6 Å². The van der Waals surface area contributed by atoms with Gasteiger partial charge in [-0.05, 0) is 91.2 Å². The van der Waals surface area contributed by atoms with Crippen molar-refractivity contribution < 1.29 is 23.3 Å². The zero-order valence-corrected chi connectivity index (χ0v) is 27.3. The van der Waals surface area contributed by atoms with E-state index in [0.717, 1.165) is 52.7 Å². The molecule has 0 N–H and O–H groups in total. The second-order valence-corrected chi connectivity index (χ2v) is 17.3. The molecule has 0 amide bonds. The van der Waals surface area contributed by atoms with Crippen LogP contribution in [0.25, 0.3) is 10.9 Å². The number of ether oxygens (including phenoxy) is 3. The molecule has 0 bridgehead atoms. The Balaban J connectivity index is 0.00000529. The van der Waals surface area contributed by atoms with E-state index in [0.29, 0.717) is 24.1 Å². The first-order valence-corrected chi connectivity index (χ1v) is 18.5. The quantitative estimate of drug-likeness (QED) is 0.0930. The lowest BCUT2D eigenvalue weighted by Gasteiger charge is -2.23. The van der Waals surface area contributed by atoms with E-state index in [9.17, 15) is 9.36 Å². The summed E-state index contributed by atoms with van der Waals surface area (Å²) in [4.78, 5) is 14.8. The predicted octanol–water partition coefficient (Wildman–Crippen LogP) is 6.38. The highest BCUT2D eigenvalue weighted by molar-refractivity contribution is 8.89. The van der Waals surface area contributed by atoms with Crippen LogP contribution in [0.3, 0.4) is 0 Å². The number of hydrogen-bond acceptors (Lipinski definition) is 11. The Morgan fingerprint density at radius 2 is 1.75 bits per heavy atom. The molecule has 0 aliphatic rings. The Bertz CT molecular complexity index is 1590. The van der Waals surface area contributed by atoms with Gasteiger partial charge in [0.25, 0.3) is 5.56 Å². The van der Waals surface area contributed by atoms with E-state index in [-0.39, 0.29) is 30.9 Å². The number of nitrogens with zero attached hydrogens (tertiary/aromatic N) is 4. The van der Waals surface area contributed by atoms with Gasteiger partial charge in [-0.15, -0.1) is 5.10 Å². The summed E-state index contributed by atoms with van der Waals surface area (Å²) in [6.07, 6.45) is 1.39. The van der Waals surface area contributed by atoms with E-state index in [1.807, 2.05) is 55.4 Å². The van der Waals surface area contributed by atoms with Crippen molar-refractivity contribution in [2.75, 3.05) is 47.4 Å². The van der Waals surface area contributed by atoms with Gasteiger partial charge in [-0.25, -0.2) is 0 Å². The molecule has 0 saturated heterocycles. The molecule has 4 rings (SSSR count). The Morgan fingerprint density at radius 3 is 2.52 bits per heavy atom. The maximum absolute atomic E-state index is 13.4. The molecule has 2 atom stereocenters. The first kappa shape index (κ1) is 35.6. The van der Waals surface area contributed by atoms with Crippen LogP contribution < -0.4 is 15.0 Å². The maximum Gasteiger partial charge on any atom is 0.316 e. The molecular formula is C31H41N4O6PS2. The third kappa shape index (κ3) is 10.4. The highest BCUT2D eigenvalue weighted by Gasteiger charge is 2.26. The second kappa shape index (κ2) is 17.6. The molecule has 10 nitrogen and oxygen atoms in total. The topological polar surface area (TPSA) is 105 Å². The molecule has 0 spiro atoms. The van der Waals surface area contributed by atoms with Gasteiger partial charge >= 0.3 is 5.77 Å². The highest BCUT2D eigenvalue weighted by Crippen LogP contribution is 2.69. The van der Waals surface area contributed by atoms with E-state index in [1.54, 1.807) is 31.4 Å². The lowest BCUT2D eigenvalue weighted by atomic mass is 10.0. The number of aryl methyl sites for hydroxylation is 2. The van der Waals surface area contributed by atoms with Crippen molar-refractivity contribution in [2.45, 2.75) is 32.2 Å². The molecule has 0 fully saturated rings.